The molecule has 0 aliphatic rings. The molecule has 0 saturated carbocycles. The van der Waals surface area contributed by atoms with Crippen molar-refractivity contribution in [2.45, 2.75) is 0 Å². The summed E-state index contributed by atoms with van der Waals surface area (Å²) in [5.74, 6) is 0.203. The monoisotopic (exact) mass is 336 g/mol. The molecule has 0 bridgehead atoms. The summed E-state index contributed by atoms with van der Waals surface area (Å²) < 4.78 is 2.31. The van der Waals surface area contributed by atoms with E-state index in [1.165, 1.54) is 4.44 Å². The van der Waals surface area contributed by atoms with Crippen LogP contribution < -0.4 is 0 Å². The maximum absolute atomic E-state index is 9.22. The average Bonchev–Trinajstić information content (AvgIpc) is 2.52. The minimum absolute atomic E-state index is 0.203. The molecule has 0 fully saturated rings. The number of halogens is 2. The molecule has 14 heavy (non-hydrogen) atoms. The first-order valence-corrected chi connectivity index (χ1v) is 6.92. The summed E-state index contributed by atoms with van der Waals surface area (Å²) in [7, 11) is 0. The van der Waals surface area contributed by atoms with Gasteiger partial charge in [0, 0.05) is 0 Å². The molecule has 0 saturated heterocycles. The molecule has 0 spiro atoms. The Hall–Kier alpha value is -0.211. The first kappa shape index (κ1) is 10.3. The van der Waals surface area contributed by atoms with Crippen LogP contribution in [0.1, 0.15) is 0 Å². The molecule has 0 unspecified atom stereocenters. The molecule has 0 aliphatic carbocycles. The molecule has 1 heterocycles. The van der Waals surface area contributed by atoms with Crippen molar-refractivity contribution >= 4 is 42.0 Å². The van der Waals surface area contributed by atoms with E-state index >= 15 is 0 Å². The van der Waals surface area contributed by atoms with Crippen LogP contribution in [0.25, 0.3) is 10.0 Å². The summed E-state index contributed by atoms with van der Waals surface area (Å²) in [5.41, 5.74) is 1.00. The molecule has 0 radical (unpaired) electrons. The van der Waals surface area contributed by atoms with E-state index in [-0.39, 0.29) is 5.75 Å². The van der Waals surface area contributed by atoms with Crippen molar-refractivity contribution in [1.82, 2.24) is 0 Å². The molecule has 4 heteroatoms. The zero-order valence-corrected chi connectivity index (χ0v) is 11.1. The SMILES string of the molecule is Oc1ccc(-c2[se]ccc2Br)c(Cl)c1. The molecule has 0 atom stereocenters. The van der Waals surface area contributed by atoms with Gasteiger partial charge in [0.15, 0.2) is 0 Å². The van der Waals surface area contributed by atoms with Crippen LogP contribution >= 0.6 is 27.5 Å². The Labute approximate surface area is 101 Å². The predicted molar refractivity (Wildman–Crippen MR) is 63.2 cm³/mol. The van der Waals surface area contributed by atoms with E-state index < -0.39 is 0 Å². The van der Waals surface area contributed by atoms with Crippen LogP contribution in [-0.4, -0.2) is 19.6 Å². The zero-order valence-electron chi connectivity index (χ0n) is 7.00. The van der Waals surface area contributed by atoms with Gasteiger partial charge in [-0.2, -0.15) is 0 Å². The van der Waals surface area contributed by atoms with Gasteiger partial charge in [0.1, 0.15) is 0 Å². The number of hydrogen-bond acceptors (Lipinski definition) is 1. The molecule has 0 amide bonds. The predicted octanol–water partition coefficient (Wildman–Crippen LogP) is 3.53. The fourth-order valence-corrected chi connectivity index (χ4v) is 4.53. The Morgan fingerprint density at radius 1 is 1.29 bits per heavy atom. The van der Waals surface area contributed by atoms with E-state index in [4.69, 9.17) is 11.6 Å². The number of phenols is 1. The molecule has 72 valence electrons. The van der Waals surface area contributed by atoms with Gasteiger partial charge in [-0.1, -0.05) is 0 Å². The maximum atomic E-state index is 9.22. The van der Waals surface area contributed by atoms with Gasteiger partial charge < -0.3 is 0 Å². The molecule has 1 N–H and O–H groups in total. The molecule has 0 aliphatic heterocycles. The Morgan fingerprint density at radius 3 is 2.64 bits per heavy atom. The van der Waals surface area contributed by atoms with Crippen molar-refractivity contribution < 1.29 is 5.11 Å². The van der Waals surface area contributed by atoms with Crippen LogP contribution in [0.15, 0.2) is 33.7 Å². The van der Waals surface area contributed by atoms with Gasteiger partial charge in [-0.3, -0.25) is 0 Å². The van der Waals surface area contributed by atoms with E-state index in [9.17, 15) is 5.11 Å². The second kappa shape index (κ2) is 4.11. The topological polar surface area (TPSA) is 20.2 Å². The summed E-state index contributed by atoms with van der Waals surface area (Å²) in [6, 6.07) is 7.11. The fourth-order valence-electron chi connectivity index (χ4n) is 1.17. The quantitative estimate of drug-likeness (QED) is 0.790. The van der Waals surface area contributed by atoms with Gasteiger partial charge in [-0.05, 0) is 0 Å². The van der Waals surface area contributed by atoms with Crippen molar-refractivity contribution in [1.29, 1.82) is 0 Å². The number of aromatic hydroxyl groups is 1. The minimum atomic E-state index is 0.203. The number of phenolic OH excluding ortho intramolecular Hbond substituents is 1. The van der Waals surface area contributed by atoms with E-state index in [1.54, 1.807) is 12.1 Å². The van der Waals surface area contributed by atoms with E-state index in [0.29, 0.717) is 19.5 Å². The van der Waals surface area contributed by atoms with Crippen LogP contribution in [0.4, 0.5) is 0 Å². The van der Waals surface area contributed by atoms with Gasteiger partial charge in [-0.15, -0.1) is 0 Å². The third-order valence-electron chi connectivity index (χ3n) is 1.81. The van der Waals surface area contributed by atoms with E-state index in [0.717, 1.165) is 10.0 Å². The molecule has 2 rings (SSSR count). The first-order valence-electron chi connectivity index (χ1n) is 3.90. The Bertz CT molecular complexity index is 467. The van der Waals surface area contributed by atoms with Gasteiger partial charge in [0.25, 0.3) is 0 Å². The average molecular weight is 336 g/mol. The van der Waals surface area contributed by atoms with Crippen molar-refractivity contribution in [3.8, 4) is 15.8 Å². The Balaban J connectivity index is 2.58. The number of benzene rings is 1. The Morgan fingerprint density at radius 2 is 2.07 bits per heavy atom. The number of hydrogen-bond donors (Lipinski definition) is 1. The van der Waals surface area contributed by atoms with Crippen LogP contribution in [-0.2, 0) is 0 Å². The summed E-state index contributed by atoms with van der Waals surface area (Å²) in [4.78, 5) is 2.13. The van der Waals surface area contributed by atoms with Gasteiger partial charge in [0.2, 0.25) is 0 Å². The molecule has 1 aromatic carbocycles. The first-order chi connectivity index (χ1) is 6.68. The van der Waals surface area contributed by atoms with E-state index in [2.05, 4.69) is 20.9 Å². The molecular weight excluding hydrogens is 330 g/mol. The van der Waals surface area contributed by atoms with Crippen LogP contribution in [0, 0.1) is 0 Å². The van der Waals surface area contributed by atoms with Crippen molar-refractivity contribution in [2.75, 3.05) is 0 Å². The van der Waals surface area contributed by atoms with Gasteiger partial charge >= 0.3 is 102 Å². The van der Waals surface area contributed by atoms with Crippen molar-refractivity contribution in [2.24, 2.45) is 0 Å². The molecule has 2 aromatic rings. The van der Waals surface area contributed by atoms with Crippen molar-refractivity contribution in [3.05, 3.63) is 38.7 Å². The van der Waals surface area contributed by atoms with Crippen LogP contribution in [0.3, 0.4) is 0 Å². The van der Waals surface area contributed by atoms with Crippen molar-refractivity contribution in [3.63, 3.8) is 0 Å². The molecule has 1 aromatic heterocycles. The fraction of sp³-hybridized carbons (Fsp3) is 0. The standard InChI is InChI=1S/C10H6BrClOSe/c11-8-3-4-14-10(8)7-2-1-6(13)5-9(7)12/h1-5,13H. The summed E-state index contributed by atoms with van der Waals surface area (Å²) in [6.45, 7) is 0. The summed E-state index contributed by atoms with van der Waals surface area (Å²) >= 11 is 9.86. The second-order valence-electron chi connectivity index (χ2n) is 2.76. The summed E-state index contributed by atoms with van der Waals surface area (Å²) in [5, 5.41) is 9.82. The third kappa shape index (κ3) is 1.91. The normalized spacial score (nSPS) is 10.4. The van der Waals surface area contributed by atoms with Crippen LogP contribution in [0.2, 0.25) is 5.02 Å². The van der Waals surface area contributed by atoms with Gasteiger partial charge in [-0.25, -0.2) is 0 Å². The second-order valence-corrected chi connectivity index (χ2v) is 5.95. The van der Waals surface area contributed by atoms with Crippen LogP contribution in [0.5, 0.6) is 5.75 Å². The van der Waals surface area contributed by atoms with E-state index in [1.807, 2.05) is 12.1 Å². The molecular formula is C10H6BrClOSe. The molecule has 1 nitrogen and oxygen atoms in total. The zero-order chi connectivity index (χ0) is 10.1. The third-order valence-corrected chi connectivity index (χ3v) is 5.37. The van der Waals surface area contributed by atoms with Gasteiger partial charge in [0.05, 0.1) is 0 Å². The Kier molecular flexibility index (Phi) is 3.03. The summed E-state index contributed by atoms with van der Waals surface area (Å²) in [6.07, 6.45) is 0. The number of rotatable bonds is 1.